The minimum absolute atomic E-state index is 0.0473. The van der Waals surface area contributed by atoms with Crippen LogP contribution in [0, 0.1) is 0 Å². The molecule has 0 saturated carbocycles. The lowest BCUT2D eigenvalue weighted by Crippen LogP contribution is -2.30. The Kier molecular flexibility index (Phi) is 5.93. The number of likely N-dealkylation sites (tertiary alicyclic amines) is 1. The highest BCUT2D eigenvalue weighted by Crippen LogP contribution is 2.31. The first-order chi connectivity index (χ1) is 14.0. The van der Waals surface area contributed by atoms with Crippen LogP contribution >= 0.6 is 11.8 Å². The van der Waals surface area contributed by atoms with Crippen molar-refractivity contribution in [2.45, 2.75) is 38.0 Å². The van der Waals surface area contributed by atoms with E-state index in [1.54, 1.807) is 25.1 Å². The summed E-state index contributed by atoms with van der Waals surface area (Å²) < 4.78 is 31.4. The van der Waals surface area contributed by atoms with E-state index in [4.69, 9.17) is 4.42 Å². The molecule has 2 aromatic rings. The van der Waals surface area contributed by atoms with E-state index in [0.29, 0.717) is 41.9 Å². The van der Waals surface area contributed by atoms with Crippen LogP contribution < -0.4 is 4.31 Å². The zero-order valence-corrected chi connectivity index (χ0v) is 18.0. The molecule has 2 aliphatic rings. The lowest BCUT2D eigenvalue weighted by molar-refractivity contribution is 0.102. The molecule has 1 aromatic carbocycles. The average Bonchev–Trinajstić information content (AvgIpc) is 3.47. The first-order valence-corrected chi connectivity index (χ1v) is 12.4. The summed E-state index contributed by atoms with van der Waals surface area (Å²) in [6.45, 7) is 4.83. The van der Waals surface area contributed by atoms with Gasteiger partial charge >= 0.3 is 0 Å². The molecule has 1 aromatic heterocycles. The van der Waals surface area contributed by atoms with Crippen LogP contribution in [-0.2, 0) is 23.0 Å². The second-order valence-corrected chi connectivity index (χ2v) is 10.3. The molecule has 1 fully saturated rings. The number of hydrogen-bond acceptors (Lipinski definition) is 8. The van der Waals surface area contributed by atoms with E-state index in [-0.39, 0.29) is 17.3 Å². The number of benzene rings is 1. The highest BCUT2D eigenvalue weighted by molar-refractivity contribution is 7.99. The van der Waals surface area contributed by atoms with E-state index in [1.807, 2.05) is 0 Å². The second kappa shape index (κ2) is 8.45. The Morgan fingerprint density at radius 1 is 1.21 bits per heavy atom. The average molecular weight is 437 g/mol. The first-order valence-electron chi connectivity index (χ1n) is 9.80. The number of Topliss-reactive ketones (excluding diaryl/α,β-unsaturated/α-hetero) is 1. The quantitative estimate of drug-likeness (QED) is 0.460. The van der Waals surface area contributed by atoms with Crippen LogP contribution in [0.5, 0.6) is 0 Å². The number of carbonyl (C=O) groups is 1. The summed E-state index contributed by atoms with van der Waals surface area (Å²) in [5.74, 6) is 0.792. The lowest BCUT2D eigenvalue weighted by Gasteiger charge is -2.18. The second-order valence-electron chi connectivity index (χ2n) is 7.22. The van der Waals surface area contributed by atoms with Crippen LogP contribution in [0.3, 0.4) is 0 Å². The number of thioether (sulfide) groups is 1. The number of ketones is 1. The van der Waals surface area contributed by atoms with Gasteiger partial charge in [-0.3, -0.25) is 14.0 Å². The molecule has 156 valence electrons. The smallest absolute Gasteiger partial charge is 0.277 e. The highest BCUT2D eigenvalue weighted by atomic mass is 32.2. The Hall–Kier alpha value is -1.91. The summed E-state index contributed by atoms with van der Waals surface area (Å²) in [5, 5.41) is 8.48. The van der Waals surface area contributed by atoms with E-state index in [1.165, 1.54) is 28.9 Å². The summed E-state index contributed by atoms with van der Waals surface area (Å²) in [5.41, 5.74) is 2.15. The van der Waals surface area contributed by atoms with Gasteiger partial charge in [-0.15, -0.1) is 10.2 Å². The highest BCUT2D eigenvalue weighted by Gasteiger charge is 2.28. The number of fused-ring (bicyclic) bond motifs is 1. The molecule has 0 N–H and O–H groups in total. The van der Waals surface area contributed by atoms with Gasteiger partial charge in [-0.05, 0) is 63.0 Å². The van der Waals surface area contributed by atoms with Crippen LogP contribution in [0.4, 0.5) is 5.69 Å². The Labute approximate surface area is 174 Å². The minimum Gasteiger partial charge on any atom is -0.415 e. The maximum Gasteiger partial charge on any atom is 0.277 e. The van der Waals surface area contributed by atoms with Gasteiger partial charge in [0.05, 0.1) is 23.7 Å². The van der Waals surface area contributed by atoms with Gasteiger partial charge in [0.25, 0.3) is 5.22 Å². The summed E-state index contributed by atoms with van der Waals surface area (Å²) in [6.07, 6.45) is 3.02. The molecule has 2 aliphatic heterocycles. The number of anilines is 1. The molecule has 0 bridgehead atoms. The fraction of sp³-hybridized carbons (Fsp3) is 0.526. The predicted molar refractivity (Wildman–Crippen MR) is 111 cm³/mol. The van der Waals surface area contributed by atoms with E-state index >= 15 is 0 Å². The fourth-order valence-electron chi connectivity index (χ4n) is 3.69. The van der Waals surface area contributed by atoms with Gasteiger partial charge < -0.3 is 4.42 Å². The molecular weight excluding hydrogens is 412 g/mol. The van der Waals surface area contributed by atoms with E-state index in [2.05, 4.69) is 15.1 Å². The van der Waals surface area contributed by atoms with Crippen molar-refractivity contribution in [2.75, 3.05) is 35.4 Å². The first kappa shape index (κ1) is 20.4. The third-order valence-corrected chi connectivity index (χ3v) is 7.89. The van der Waals surface area contributed by atoms with Gasteiger partial charge in [0.1, 0.15) is 0 Å². The van der Waals surface area contributed by atoms with Crippen molar-refractivity contribution < 1.29 is 17.6 Å². The van der Waals surface area contributed by atoms with Gasteiger partial charge in [-0.2, -0.15) is 0 Å². The zero-order valence-electron chi connectivity index (χ0n) is 16.3. The monoisotopic (exact) mass is 436 g/mol. The van der Waals surface area contributed by atoms with Crippen LogP contribution in [0.15, 0.2) is 27.8 Å². The molecule has 0 atom stereocenters. The largest absolute Gasteiger partial charge is 0.415 e. The van der Waals surface area contributed by atoms with Crippen molar-refractivity contribution in [1.29, 1.82) is 0 Å². The molecule has 0 spiro atoms. The summed E-state index contributed by atoms with van der Waals surface area (Å²) in [7, 11) is -3.28. The third-order valence-electron chi connectivity index (χ3n) is 5.29. The van der Waals surface area contributed by atoms with E-state index in [9.17, 15) is 13.2 Å². The fourth-order valence-corrected chi connectivity index (χ4v) is 5.53. The Morgan fingerprint density at radius 3 is 2.76 bits per heavy atom. The van der Waals surface area contributed by atoms with Gasteiger partial charge in [0.2, 0.25) is 15.9 Å². The SMILES string of the molecule is CCS(=O)(=O)N1CCc2cc(C(=O)CSc3nnc(CN4CCCC4)o3)ccc21. The van der Waals surface area contributed by atoms with E-state index in [0.717, 1.165) is 18.7 Å². The Balaban J connectivity index is 1.37. The number of nitrogens with zero attached hydrogens (tertiary/aromatic N) is 4. The van der Waals surface area contributed by atoms with Crippen molar-refractivity contribution in [3.63, 3.8) is 0 Å². The molecule has 0 amide bonds. The minimum atomic E-state index is -3.28. The number of carbonyl (C=O) groups excluding carboxylic acids is 1. The van der Waals surface area contributed by atoms with Crippen molar-refractivity contribution >= 4 is 33.3 Å². The normalized spacial score (nSPS) is 17.1. The standard InChI is InChI=1S/C19H24N4O4S2/c1-2-29(25,26)23-10-7-14-11-15(5-6-16(14)23)17(24)13-28-19-21-20-18(27-19)12-22-8-3-4-9-22/h5-6,11H,2-4,7-10,12-13H2,1H3. The van der Waals surface area contributed by atoms with Crippen LogP contribution in [0.1, 0.15) is 41.6 Å². The third kappa shape index (κ3) is 4.49. The number of rotatable bonds is 8. The van der Waals surface area contributed by atoms with Crippen LogP contribution in [0.2, 0.25) is 0 Å². The van der Waals surface area contributed by atoms with Gasteiger partial charge in [0.15, 0.2) is 5.78 Å². The topological polar surface area (TPSA) is 96.6 Å². The van der Waals surface area contributed by atoms with Crippen molar-refractivity contribution in [3.05, 3.63) is 35.2 Å². The zero-order chi connectivity index (χ0) is 20.4. The van der Waals surface area contributed by atoms with Crippen LogP contribution in [-0.4, -0.2) is 60.4 Å². The maximum absolute atomic E-state index is 12.6. The number of hydrogen-bond donors (Lipinski definition) is 0. The number of aromatic nitrogens is 2. The van der Waals surface area contributed by atoms with Gasteiger partial charge in [-0.25, -0.2) is 8.42 Å². The molecule has 3 heterocycles. The molecule has 29 heavy (non-hydrogen) atoms. The summed E-state index contributed by atoms with van der Waals surface area (Å²) >= 11 is 1.23. The molecule has 10 heteroatoms. The molecule has 0 radical (unpaired) electrons. The number of sulfonamides is 1. The Bertz CT molecular complexity index is 999. The molecule has 1 saturated heterocycles. The van der Waals surface area contributed by atoms with Gasteiger partial charge in [0, 0.05) is 12.1 Å². The van der Waals surface area contributed by atoms with Crippen molar-refractivity contribution in [1.82, 2.24) is 15.1 Å². The molecule has 8 nitrogen and oxygen atoms in total. The predicted octanol–water partition coefficient (Wildman–Crippen LogP) is 2.35. The maximum atomic E-state index is 12.6. The lowest BCUT2D eigenvalue weighted by atomic mass is 10.1. The Morgan fingerprint density at radius 2 is 2.00 bits per heavy atom. The van der Waals surface area contributed by atoms with Crippen LogP contribution in [0.25, 0.3) is 0 Å². The molecule has 0 aliphatic carbocycles. The molecule has 0 unspecified atom stereocenters. The molecule has 4 rings (SSSR count). The van der Waals surface area contributed by atoms with Crippen molar-refractivity contribution in [2.24, 2.45) is 0 Å². The van der Waals surface area contributed by atoms with E-state index < -0.39 is 10.0 Å². The van der Waals surface area contributed by atoms with Crippen molar-refractivity contribution in [3.8, 4) is 0 Å². The summed E-state index contributed by atoms with van der Waals surface area (Å²) in [4.78, 5) is 14.9. The molecular formula is C19H24N4O4S2. The van der Waals surface area contributed by atoms with Gasteiger partial charge in [-0.1, -0.05) is 11.8 Å². The summed E-state index contributed by atoms with van der Waals surface area (Å²) in [6, 6.07) is 5.22.